The van der Waals surface area contributed by atoms with Gasteiger partial charge in [0.25, 0.3) is 11.6 Å². The number of ether oxygens (including phenoxy) is 1. The fourth-order valence-corrected chi connectivity index (χ4v) is 2.70. The highest BCUT2D eigenvalue weighted by Crippen LogP contribution is 2.25. The lowest BCUT2D eigenvalue weighted by atomic mass is 10.0. The Morgan fingerprint density at radius 2 is 2.32 bits per heavy atom. The van der Waals surface area contributed by atoms with E-state index in [4.69, 9.17) is 9.26 Å². The first-order chi connectivity index (χ1) is 10.6. The van der Waals surface area contributed by atoms with Gasteiger partial charge in [0.05, 0.1) is 22.7 Å². The molecule has 2 aromatic rings. The lowest BCUT2D eigenvalue weighted by Crippen LogP contribution is -2.32. The lowest BCUT2D eigenvalue weighted by molar-refractivity contribution is 0.0859. The summed E-state index contributed by atoms with van der Waals surface area (Å²) in [6, 6.07) is 1.84. The Balaban J connectivity index is 1.89. The Morgan fingerprint density at radius 1 is 1.50 bits per heavy atom. The fourth-order valence-electron chi connectivity index (χ4n) is 2.70. The van der Waals surface area contributed by atoms with Crippen LogP contribution in [0.2, 0.25) is 0 Å². The Bertz CT molecular complexity index is 687. The third kappa shape index (κ3) is 2.83. The predicted molar refractivity (Wildman–Crippen MR) is 81.9 cm³/mol. The normalized spacial score (nSPS) is 18.3. The highest BCUT2D eigenvalue weighted by Gasteiger charge is 2.21. The molecule has 1 amide bonds. The van der Waals surface area contributed by atoms with Gasteiger partial charge in [0.2, 0.25) is 0 Å². The van der Waals surface area contributed by atoms with Gasteiger partial charge in [-0.2, -0.15) is 0 Å². The number of aryl methyl sites for hydroxylation is 1. The van der Waals surface area contributed by atoms with Crippen LogP contribution in [-0.4, -0.2) is 35.3 Å². The summed E-state index contributed by atoms with van der Waals surface area (Å²) in [4.78, 5) is 17.0. The molecule has 6 nitrogen and oxygen atoms in total. The number of carbonyl (C=O) groups is 1. The Hall–Kier alpha value is -1.95. The molecule has 6 heteroatoms. The van der Waals surface area contributed by atoms with Crippen molar-refractivity contribution in [2.24, 2.45) is 0 Å². The van der Waals surface area contributed by atoms with Gasteiger partial charge in [-0.05, 0) is 31.7 Å². The summed E-state index contributed by atoms with van der Waals surface area (Å²) in [5.74, 6) is 0.0793. The molecule has 1 fully saturated rings. The first-order valence-electron chi connectivity index (χ1n) is 7.73. The lowest BCUT2D eigenvalue weighted by Gasteiger charge is -2.12. The van der Waals surface area contributed by atoms with Crippen molar-refractivity contribution >= 4 is 17.0 Å². The molecule has 1 atom stereocenters. The van der Waals surface area contributed by atoms with Gasteiger partial charge in [0.1, 0.15) is 0 Å². The van der Waals surface area contributed by atoms with Gasteiger partial charge in [0, 0.05) is 18.8 Å². The molecule has 0 saturated carbocycles. The van der Waals surface area contributed by atoms with E-state index in [-0.39, 0.29) is 17.9 Å². The second kappa shape index (κ2) is 6.04. The van der Waals surface area contributed by atoms with E-state index in [1.54, 1.807) is 0 Å². The van der Waals surface area contributed by atoms with Crippen molar-refractivity contribution in [3.05, 3.63) is 23.0 Å². The average Bonchev–Trinajstić information content (AvgIpc) is 3.14. The maximum Gasteiger partial charge on any atom is 0.259 e. The van der Waals surface area contributed by atoms with Crippen molar-refractivity contribution in [2.75, 3.05) is 13.2 Å². The summed E-state index contributed by atoms with van der Waals surface area (Å²) < 4.78 is 10.8. The molecule has 0 radical (unpaired) electrons. The van der Waals surface area contributed by atoms with Crippen LogP contribution in [0.4, 0.5) is 0 Å². The van der Waals surface area contributed by atoms with E-state index in [9.17, 15) is 4.79 Å². The molecule has 118 valence electrons. The van der Waals surface area contributed by atoms with E-state index in [0.29, 0.717) is 28.9 Å². The number of nitrogens with zero attached hydrogens (tertiary/aromatic N) is 2. The van der Waals surface area contributed by atoms with Gasteiger partial charge in [-0.25, -0.2) is 4.98 Å². The van der Waals surface area contributed by atoms with E-state index in [1.165, 1.54) is 0 Å². The number of amides is 1. The van der Waals surface area contributed by atoms with Gasteiger partial charge in [-0.1, -0.05) is 19.0 Å². The first-order valence-corrected chi connectivity index (χ1v) is 7.73. The molecule has 2 aromatic heterocycles. The number of nitrogens with one attached hydrogen (secondary N) is 1. The van der Waals surface area contributed by atoms with Crippen LogP contribution in [0.15, 0.2) is 10.6 Å². The monoisotopic (exact) mass is 303 g/mol. The Morgan fingerprint density at radius 3 is 3.00 bits per heavy atom. The standard InChI is InChI=1S/C16H21N3O3/c1-9(2)13-7-12(14-10(3)19-22-16(14)18-13)15(20)17-8-11-5-4-6-21-11/h7,9,11H,4-6,8H2,1-3H3,(H,17,20)/t11-/m0/s1. The number of rotatable bonds is 4. The number of aromatic nitrogens is 2. The minimum atomic E-state index is -0.129. The molecule has 0 spiro atoms. The molecule has 0 aliphatic carbocycles. The van der Waals surface area contributed by atoms with E-state index >= 15 is 0 Å². The van der Waals surface area contributed by atoms with E-state index in [2.05, 4.69) is 15.5 Å². The van der Waals surface area contributed by atoms with Crippen LogP contribution in [0.3, 0.4) is 0 Å². The second-order valence-electron chi connectivity index (χ2n) is 6.04. The Kier molecular flexibility index (Phi) is 4.11. The molecule has 1 aliphatic rings. The average molecular weight is 303 g/mol. The highest BCUT2D eigenvalue weighted by molar-refractivity contribution is 6.06. The van der Waals surface area contributed by atoms with Crippen LogP contribution < -0.4 is 5.32 Å². The first kappa shape index (κ1) is 15.0. The van der Waals surface area contributed by atoms with Crippen LogP contribution in [0.25, 0.3) is 11.1 Å². The summed E-state index contributed by atoms with van der Waals surface area (Å²) in [6.07, 6.45) is 2.17. The maximum absolute atomic E-state index is 12.6. The third-order valence-corrected chi connectivity index (χ3v) is 3.99. The summed E-state index contributed by atoms with van der Waals surface area (Å²) >= 11 is 0. The molecule has 0 bridgehead atoms. The third-order valence-electron chi connectivity index (χ3n) is 3.99. The van der Waals surface area contributed by atoms with Crippen LogP contribution >= 0.6 is 0 Å². The molecular weight excluding hydrogens is 282 g/mol. The van der Waals surface area contributed by atoms with Crippen molar-refractivity contribution in [3.63, 3.8) is 0 Å². The van der Waals surface area contributed by atoms with Crippen LogP contribution in [0.5, 0.6) is 0 Å². The van der Waals surface area contributed by atoms with Gasteiger partial charge in [-0.15, -0.1) is 0 Å². The van der Waals surface area contributed by atoms with E-state index in [0.717, 1.165) is 25.1 Å². The zero-order chi connectivity index (χ0) is 15.7. The molecule has 22 heavy (non-hydrogen) atoms. The number of hydrogen-bond acceptors (Lipinski definition) is 5. The number of pyridine rings is 1. The smallest absolute Gasteiger partial charge is 0.259 e. The predicted octanol–water partition coefficient (Wildman–Crippen LogP) is 2.56. The van der Waals surface area contributed by atoms with Gasteiger partial charge >= 0.3 is 0 Å². The molecule has 3 heterocycles. The summed E-state index contributed by atoms with van der Waals surface area (Å²) in [7, 11) is 0. The summed E-state index contributed by atoms with van der Waals surface area (Å²) in [6.45, 7) is 7.20. The summed E-state index contributed by atoms with van der Waals surface area (Å²) in [5, 5.41) is 7.58. The quantitative estimate of drug-likeness (QED) is 0.939. The van der Waals surface area contributed by atoms with Crippen molar-refractivity contribution in [1.82, 2.24) is 15.5 Å². The zero-order valence-corrected chi connectivity index (χ0v) is 13.2. The molecule has 0 aromatic carbocycles. The molecule has 1 aliphatic heterocycles. The Labute approximate surface area is 129 Å². The van der Waals surface area contributed by atoms with Crippen molar-refractivity contribution < 1.29 is 14.1 Å². The van der Waals surface area contributed by atoms with E-state index in [1.807, 2.05) is 26.8 Å². The van der Waals surface area contributed by atoms with Crippen LogP contribution in [-0.2, 0) is 4.74 Å². The number of hydrogen-bond donors (Lipinski definition) is 1. The second-order valence-corrected chi connectivity index (χ2v) is 6.04. The summed E-state index contributed by atoms with van der Waals surface area (Å²) in [5.41, 5.74) is 2.50. The SMILES string of the molecule is Cc1noc2nc(C(C)C)cc(C(=O)NC[C@@H]3CCCO3)c12. The number of carbonyl (C=O) groups excluding carboxylic acids is 1. The largest absolute Gasteiger partial charge is 0.376 e. The van der Waals surface area contributed by atoms with Crippen molar-refractivity contribution in [1.29, 1.82) is 0 Å². The molecule has 3 rings (SSSR count). The minimum absolute atomic E-state index is 0.120. The maximum atomic E-state index is 12.6. The molecule has 0 unspecified atom stereocenters. The molecule has 1 saturated heterocycles. The van der Waals surface area contributed by atoms with Crippen molar-refractivity contribution in [2.45, 2.75) is 45.6 Å². The minimum Gasteiger partial charge on any atom is -0.376 e. The van der Waals surface area contributed by atoms with Gasteiger partial charge in [0.15, 0.2) is 0 Å². The molecule has 1 N–H and O–H groups in total. The fraction of sp³-hybridized carbons (Fsp3) is 0.562. The van der Waals surface area contributed by atoms with Crippen LogP contribution in [0.1, 0.15) is 54.4 Å². The number of fused-ring (bicyclic) bond motifs is 1. The van der Waals surface area contributed by atoms with Crippen LogP contribution in [0, 0.1) is 6.92 Å². The van der Waals surface area contributed by atoms with E-state index < -0.39 is 0 Å². The highest BCUT2D eigenvalue weighted by atomic mass is 16.5. The van der Waals surface area contributed by atoms with Crippen molar-refractivity contribution in [3.8, 4) is 0 Å². The zero-order valence-electron chi connectivity index (χ0n) is 13.2. The van der Waals surface area contributed by atoms with Gasteiger partial charge < -0.3 is 14.6 Å². The topological polar surface area (TPSA) is 77.2 Å². The van der Waals surface area contributed by atoms with Gasteiger partial charge in [-0.3, -0.25) is 4.79 Å². The molecular formula is C16H21N3O3.